The maximum atomic E-state index is 8.88. The second-order valence-corrected chi connectivity index (χ2v) is 2.97. The van der Waals surface area contributed by atoms with Crippen LogP contribution in [-0.2, 0) is 6.61 Å². The van der Waals surface area contributed by atoms with E-state index in [0.717, 1.165) is 22.8 Å². The molecule has 0 spiro atoms. The normalized spacial score (nSPS) is 14.3. The van der Waals surface area contributed by atoms with Crippen LogP contribution in [0.4, 0.5) is 0 Å². The van der Waals surface area contributed by atoms with Gasteiger partial charge >= 0.3 is 0 Å². The van der Waals surface area contributed by atoms with Gasteiger partial charge in [-0.2, -0.15) is 0 Å². The van der Waals surface area contributed by atoms with Crippen LogP contribution in [0.15, 0.2) is 17.3 Å². The number of rotatable bonds is 1. The van der Waals surface area contributed by atoms with E-state index in [1.54, 1.807) is 6.20 Å². The van der Waals surface area contributed by atoms with Crippen LogP contribution in [0, 0.1) is 0 Å². The molecule has 1 aromatic rings. The standard InChI is InChI=1S/C9H10N2O/c1-6-3-10-9-8(6)2-7(5-12)4-11-9/h2,4,12H,3,5H2,1H3. The van der Waals surface area contributed by atoms with Gasteiger partial charge in [0.25, 0.3) is 0 Å². The molecule has 2 heterocycles. The van der Waals surface area contributed by atoms with Gasteiger partial charge in [-0.05, 0) is 24.1 Å². The van der Waals surface area contributed by atoms with Crippen molar-refractivity contribution in [2.45, 2.75) is 13.5 Å². The maximum Gasteiger partial charge on any atom is 0.154 e. The first-order valence-corrected chi connectivity index (χ1v) is 3.91. The average Bonchev–Trinajstić information content (AvgIpc) is 2.47. The van der Waals surface area contributed by atoms with Crippen LogP contribution >= 0.6 is 0 Å². The fraction of sp³-hybridized carbons (Fsp3) is 0.333. The molecule has 1 N–H and O–H groups in total. The Bertz CT molecular complexity index is 423. The first kappa shape index (κ1) is 7.43. The van der Waals surface area contributed by atoms with E-state index in [2.05, 4.69) is 9.98 Å². The Morgan fingerprint density at radius 2 is 2.42 bits per heavy atom. The zero-order valence-electron chi connectivity index (χ0n) is 6.91. The number of nitrogens with zero attached hydrogens (tertiary/aromatic N) is 2. The summed E-state index contributed by atoms with van der Waals surface area (Å²) in [7, 11) is 0. The van der Waals surface area contributed by atoms with Crippen LogP contribution < -0.4 is 10.7 Å². The van der Waals surface area contributed by atoms with E-state index in [1.165, 1.54) is 5.57 Å². The van der Waals surface area contributed by atoms with Gasteiger partial charge in [0, 0.05) is 11.4 Å². The summed E-state index contributed by atoms with van der Waals surface area (Å²) in [5, 5.41) is 9.96. The number of aromatic nitrogens is 1. The molecule has 0 saturated carbocycles. The molecule has 62 valence electrons. The molecule has 0 radical (unpaired) electrons. The minimum absolute atomic E-state index is 0.0492. The zero-order valence-corrected chi connectivity index (χ0v) is 6.91. The van der Waals surface area contributed by atoms with Crippen LogP contribution in [0.5, 0.6) is 0 Å². The van der Waals surface area contributed by atoms with Crippen molar-refractivity contribution >= 4 is 5.57 Å². The van der Waals surface area contributed by atoms with Crippen molar-refractivity contribution in [3.8, 4) is 0 Å². The number of aliphatic hydroxyl groups is 1. The molecule has 1 aliphatic heterocycles. The Hall–Kier alpha value is -1.22. The molecule has 0 amide bonds. The molecule has 3 heteroatoms. The SMILES string of the molecule is CC1=c2cc(CO)cnc2=NC1. The Labute approximate surface area is 70.1 Å². The number of aliphatic hydroxyl groups excluding tert-OH is 1. The average molecular weight is 162 g/mol. The van der Waals surface area contributed by atoms with Crippen LogP contribution in [0.1, 0.15) is 12.5 Å². The molecule has 0 atom stereocenters. The van der Waals surface area contributed by atoms with Crippen molar-refractivity contribution in [3.63, 3.8) is 0 Å². The van der Waals surface area contributed by atoms with Crippen molar-refractivity contribution in [2.24, 2.45) is 4.99 Å². The largest absolute Gasteiger partial charge is 0.392 e. The molecule has 0 bridgehead atoms. The van der Waals surface area contributed by atoms with E-state index in [-0.39, 0.29) is 6.61 Å². The van der Waals surface area contributed by atoms with E-state index < -0.39 is 0 Å². The summed E-state index contributed by atoms with van der Waals surface area (Å²) in [6.07, 6.45) is 1.67. The quantitative estimate of drug-likeness (QED) is 0.598. The summed E-state index contributed by atoms with van der Waals surface area (Å²) >= 11 is 0. The van der Waals surface area contributed by atoms with Crippen LogP contribution in [0.2, 0.25) is 0 Å². The number of hydrogen-bond acceptors (Lipinski definition) is 3. The van der Waals surface area contributed by atoms with Crippen LogP contribution in [0.3, 0.4) is 0 Å². The third kappa shape index (κ3) is 1.02. The second kappa shape index (κ2) is 2.68. The molecule has 0 aliphatic carbocycles. The lowest BCUT2D eigenvalue weighted by molar-refractivity contribution is 0.281. The minimum Gasteiger partial charge on any atom is -0.392 e. The van der Waals surface area contributed by atoms with Gasteiger partial charge in [0.2, 0.25) is 0 Å². The molecule has 3 nitrogen and oxygen atoms in total. The summed E-state index contributed by atoms with van der Waals surface area (Å²) in [6.45, 7) is 2.84. The molecule has 1 aliphatic rings. The highest BCUT2D eigenvalue weighted by Crippen LogP contribution is 1.96. The maximum absolute atomic E-state index is 8.88. The summed E-state index contributed by atoms with van der Waals surface area (Å²) in [5.41, 5.74) is 2.89. The lowest BCUT2D eigenvalue weighted by Crippen LogP contribution is -2.26. The zero-order chi connectivity index (χ0) is 8.55. The van der Waals surface area contributed by atoms with Crippen LogP contribution in [0.25, 0.3) is 5.57 Å². The van der Waals surface area contributed by atoms with Gasteiger partial charge in [0.1, 0.15) is 0 Å². The topological polar surface area (TPSA) is 45.5 Å². The predicted molar refractivity (Wildman–Crippen MR) is 44.9 cm³/mol. The summed E-state index contributed by atoms with van der Waals surface area (Å²) in [6, 6.07) is 1.95. The smallest absolute Gasteiger partial charge is 0.154 e. The molecule has 12 heavy (non-hydrogen) atoms. The molecule has 0 aromatic carbocycles. The lowest BCUT2D eigenvalue weighted by atomic mass is 10.2. The van der Waals surface area contributed by atoms with E-state index in [0.29, 0.717) is 0 Å². The Morgan fingerprint density at radius 3 is 3.17 bits per heavy atom. The van der Waals surface area contributed by atoms with Gasteiger partial charge in [-0.1, -0.05) is 0 Å². The molecule has 1 aromatic heterocycles. The van der Waals surface area contributed by atoms with Gasteiger partial charge in [-0.3, -0.25) is 4.99 Å². The molecular formula is C9H10N2O. The number of pyridine rings is 1. The summed E-state index contributed by atoms with van der Waals surface area (Å²) in [5.74, 6) is 0. The van der Waals surface area contributed by atoms with Crippen molar-refractivity contribution in [3.05, 3.63) is 28.5 Å². The molecule has 0 unspecified atom stereocenters. The minimum atomic E-state index is 0.0492. The Balaban J connectivity index is 2.74. The van der Waals surface area contributed by atoms with E-state index >= 15 is 0 Å². The summed E-state index contributed by atoms with van der Waals surface area (Å²) < 4.78 is 0. The van der Waals surface area contributed by atoms with E-state index in [9.17, 15) is 0 Å². The lowest BCUT2D eigenvalue weighted by Gasteiger charge is -1.92. The number of hydrogen-bond donors (Lipinski definition) is 1. The highest BCUT2D eigenvalue weighted by atomic mass is 16.3. The Kier molecular flexibility index (Phi) is 1.66. The highest BCUT2D eigenvalue weighted by molar-refractivity contribution is 5.45. The molecule has 0 fully saturated rings. The fourth-order valence-corrected chi connectivity index (χ4v) is 1.31. The monoisotopic (exact) mass is 162 g/mol. The number of fused-ring (bicyclic) bond motifs is 1. The van der Waals surface area contributed by atoms with Gasteiger partial charge in [-0.15, -0.1) is 0 Å². The highest BCUT2D eigenvalue weighted by Gasteiger charge is 2.02. The first-order valence-electron chi connectivity index (χ1n) is 3.91. The van der Waals surface area contributed by atoms with Crippen molar-refractivity contribution in [1.82, 2.24) is 4.98 Å². The third-order valence-electron chi connectivity index (χ3n) is 2.03. The van der Waals surface area contributed by atoms with Gasteiger partial charge in [-0.25, -0.2) is 4.98 Å². The molecular weight excluding hydrogens is 152 g/mol. The van der Waals surface area contributed by atoms with E-state index in [1.807, 2.05) is 13.0 Å². The third-order valence-corrected chi connectivity index (χ3v) is 2.03. The van der Waals surface area contributed by atoms with E-state index in [4.69, 9.17) is 5.11 Å². The van der Waals surface area contributed by atoms with Gasteiger partial charge in [0.05, 0.1) is 13.2 Å². The van der Waals surface area contributed by atoms with Crippen molar-refractivity contribution in [1.29, 1.82) is 0 Å². The second-order valence-electron chi connectivity index (χ2n) is 2.97. The van der Waals surface area contributed by atoms with Crippen molar-refractivity contribution in [2.75, 3.05) is 6.54 Å². The van der Waals surface area contributed by atoms with Gasteiger partial charge in [0.15, 0.2) is 5.49 Å². The first-order chi connectivity index (χ1) is 5.81. The molecule has 0 saturated heterocycles. The summed E-state index contributed by atoms with van der Waals surface area (Å²) in [4.78, 5) is 8.36. The van der Waals surface area contributed by atoms with Crippen molar-refractivity contribution < 1.29 is 5.11 Å². The molecule has 2 rings (SSSR count). The fourth-order valence-electron chi connectivity index (χ4n) is 1.31. The van der Waals surface area contributed by atoms with Gasteiger partial charge < -0.3 is 5.11 Å². The Morgan fingerprint density at radius 1 is 1.58 bits per heavy atom. The predicted octanol–water partition coefficient (Wildman–Crippen LogP) is -0.622. The van der Waals surface area contributed by atoms with Crippen LogP contribution in [-0.4, -0.2) is 16.6 Å².